The van der Waals surface area contributed by atoms with Crippen molar-refractivity contribution in [3.63, 3.8) is 0 Å². The van der Waals surface area contributed by atoms with E-state index in [4.69, 9.17) is 9.47 Å². The molecule has 3 aromatic carbocycles. The van der Waals surface area contributed by atoms with E-state index in [1.807, 2.05) is 25.1 Å². The number of fused-ring (bicyclic) bond motifs is 2. The summed E-state index contributed by atoms with van der Waals surface area (Å²) >= 11 is 0. The van der Waals surface area contributed by atoms with E-state index < -0.39 is 4.92 Å². The Morgan fingerprint density at radius 2 is 1.78 bits per heavy atom. The van der Waals surface area contributed by atoms with Gasteiger partial charge in [-0.3, -0.25) is 19.7 Å². The molecule has 2 amide bonds. The van der Waals surface area contributed by atoms with Gasteiger partial charge in [0.1, 0.15) is 0 Å². The molecule has 1 aliphatic rings. The van der Waals surface area contributed by atoms with Crippen LogP contribution < -0.4 is 20.7 Å². The third kappa shape index (κ3) is 6.04. The van der Waals surface area contributed by atoms with Gasteiger partial charge in [-0.1, -0.05) is 12.1 Å². The number of nitrogens with zero attached hydrogens (tertiary/aromatic N) is 1. The molecule has 10 nitrogen and oxygen atoms in total. The molecule has 3 aromatic rings. The Kier molecular flexibility index (Phi) is 7.99. The maximum Gasteiger partial charge on any atom is 0.310 e. The number of carbonyl (C=O) groups is 2. The van der Waals surface area contributed by atoms with E-state index in [-0.39, 0.29) is 29.7 Å². The zero-order chi connectivity index (χ0) is 26.4. The molecule has 1 heterocycles. The zero-order valence-corrected chi connectivity index (χ0v) is 20.6. The normalized spacial score (nSPS) is 11.9. The number of rotatable bonds is 10. The summed E-state index contributed by atoms with van der Waals surface area (Å²) < 4.78 is 10.5. The molecule has 0 radical (unpaired) electrons. The fourth-order valence-corrected chi connectivity index (χ4v) is 4.08. The van der Waals surface area contributed by atoms with E-state index in [0.29, 0.717) is 47.9 Å². The van der Waals surface area contributed by atoms with Gasteiger partial charge in [0.05, 0.1) is 41.1 Å². The number of methoxy groups -OCH3 is 1. The number of anilines is 3. The second kappa shape index (κ2) is 11.5. The lowest BCUT2D eigenvalue weighted by molar-refractivity contribution is -0.385. The SMILES string of the molecule is CCOCCCNC(=O)Cc1ccc2c(c1)NC(=O)c1ccc(-c3ccc([N+](=O)[O-])c(OC)c3)cc1N2. The highest BCUT2D eigenvalue weighted by molar-refractivity contribution is 6.12. The molecule has 0 bridgehead atoms. The van der Waals surface area contributed by atoms with Gasteiger partial charge in [-0.2, -0.15) is 0 Å². The summed E-state index contributed by atoms with van der Waals surface area (Å²) in [6, 6.07) is 15.4. The van der Waals surface area contributed by atoms with Crippen molar-refractivity contribution in [1.82, 2.24) is 5.32 Å². The summed E-state index contributed by atoms with van der Waals surface area (Å²) in [7, 11) is 1.38. The van der Waals surface area contributed by atoms with Crippen molar-refractivity contribution in [1.29, 1.82) is 0 Å². The molecule has 0 atom stereocenters. The van der Waals surface area contributed by atoms with Gasteiger partial charge in [0, 0.05) is 25.8 Å². The summed E-state index contributed by atoms with van der Waals surface area (Å²) in [5.74, 6) is -0.234. The van der Waals surface area contributed by atoms with E-state index in [0.717, 1.165) is 17.5 Å². The molecule has 37 heavy (non-hydrogen) atoms. The fourth-order valence-electron chi connectivity index (χ4n) is 4.08. The van der Waals surface area contributed by atoms with Crippen LogP contribution in [0.25, 0.3) is 11.1 Å². The summed E-state index contributed by atoms with van der Waals surface area (Å²) in [6.45, 7) is 3.73. The molecular formula is C27H28N4O6. The van der Waals surface area contributed by atoms with Crippen molar-refractivity contribution < 1.29 is 24.0 Å². The van der Waals surface area contributed by atoms with Crippen molar-refractivity contribution in [2.24, 2.45) is 0 Å². The molecule has 0 saturated carbocycles. The van der Waals surface area contributed by atoms with Crippen LogP contribution in [-0.4, -0.2) is 43.6 Å². The first kappa shape index (κ1) is 25.6. The lowest BCUT2D eigenvalue weighted by atomic mass is 10.0. The lowest BCUT2D eigenvalue weighted by Gasteiger charge is -2.12. The number of nitro groups is 1. The zero-order valence-electron chi connectivity index (χ0n) is 20.6. The first-order valence-electron chi connectivity index (χ1n) is 11.9. The standard InChI is InChI=1S/C27H28N4O6/c1-3-37-12-4-11-28-26(32)14-17-5-9-21-23(13-17)30-27(33)20-8-6-18(15-22(20)29-21)19-7-10-24(31(34)35)25(16-19)36-2/h5-10,13,15-16,29H,3-4,11-12,14H2,1-2H3,(H,28,32)(H,30,33). The Morgan fingerprint density at radius 1 is 1.00 bits per heavy atom. The van der Waals surface area contributed by atoms with Gasteiger partial charge in [0.2, 0.25) is 5.91 Å². The number of nitrogens with one attached hydrogen (secondary N) is 3. The maximum atomic E-state index is 13.0. The van der Waals surface area contributed by atoms with Crippen molar-refractivity contribution in [3.8, 4) is 16.9 Å². The molecule has 10 heteroatoms. The number of benzene rings is 3. The number of carbonyl (C=O) groups excluding carboxylic acids is 2. The highest BCUT2D eigenvalue weighted by Crippen LogP contribution is 2.37. The van der Waals surface area contributed by atoms with Crippen molar-refractivity contribution in [2.45, 2.75) is 19.8 Å². The molecule has 0 aliphatic carbocycles. The minimum absolute atomic E-state index is 0.101. The summed E-state index contributed by atoms with van der Waals surface area (Å²) in [5.41, 5.74) is 4.41. The Bertz CT molecular complexity index is 1340. The quantitative estimate of drug-likeness (QED) is 0.208. The molecule has 0 aromatic heterocycles. The van der Waals surface area contributed by atoms with Gasteiger partial charge in [-0.05, 0) is 66.4 Å². The van der Waals surface area contributed by atoms with Crippen LogP contribution in [0.2, 0.25) is 0 Å². The van der Waals surface area contributed by atoms with Gasteiger partial charge in [0.25, 0.3) is 5.91 Å². The van der Waals surface area contributed by atoms with Crippen LogP contribution in [0.1, 0.15) is 29.3 Å². The Labute approximate surface area is 214 Å². The highest BCUT2D eigenvalue weighted by atomic mass is 16.6. The Morgan fingerprint density at radius 3 is 2.54 bits per heavy atom. The Balaban J connectivity index is 1.52. The van der Waals surface area contributed by atoms with E-state index in [1.54, 1.807) is 30.3 Å². The molecule has 3 N–H and O–H groups in total. The maximum absolute atomic E-state index is 13.0. The average molecular weight is 505 g/mol. The van der Waals surface area contributed by atoms with Crippen LogP contribution in [0.3, 0.4) is 0 Å². The molecule has 4 rings (SSSR count). The van der Waals surface area contributed by atoms with Crippen LogP contribution >= 0.6 is 0 Å². The number of nitro benzene ring substituents is 1. The minimum atomic E-state index is -0.497. The van der Waals surface area contributed by atoms with E-state index in [9.17, 15) is 19.7 Å². The molecule has 192 valence electrons. The van der Waals surface area contributed by atoms with Crippen LogP contribution in [0.15, 0.2) is 54.6 Å². The van der Waals surface area contributed by atoms with Gasteiger partial charge >= 0.3 is 5.69 Å². The number of ether oxygens (including phenoxy) is 2. The molecule has 0 fully saturated rings. The topological polar surface area (TPSA) is 132 Å². The smallest absolute Gasteiger partial charge is 0.310 e. The van der Waals surface area contributed by atoms with Crippen molar-refractivity contribution >= 4 is 34.6 Å². The number of hydrogen-bond donors (Lipinski definition) is 3. The monoisotopic (exact) mass is 504 g/mol. The van der Waals surface area contributed by atoms with E-state index in [1.165, 1.54) is 13.2 Å². The second-order valence-electron chi connectivity index (χ2n) is 8.44. The predicted octanol–water partition coefficient (Wildman–Crippen LogP) is 4.67. The third-order valence-corrected chi connectivity index (χ3v) is 5.93. The molecule has 0 spiro atoms. The first-order chi connectivity index (χ1) is 17.9. The van der Waals surface area contributed by atoms with Gasteiger partial charge in [0.15, 0.2) is 5.75 Å². The molecular weight excluding hydrogens is 476 g/mol. The molecule has 1 aliphatic heterocycles. The summed E-state index contributed by atoms with van der Waals surface area (Å²) in [5, 5.41) is 20.3. The van der Waals surface area contributed by atoms with Crippen LogP contribution in [-0.2, 0) is 16.0 Å². The largest absolute Gasteiger partial charge is 0.490 e. The lowest BCUT2D eigenvalue weighted by Crippen LogP contribution is -2.26. The summed E-state index contributed by atoms with van der Waals surface area (Å²) in [6.07, 6.45) is 0.938. The van der Waals surface area contributed by atoms with E-state index in [2.05, 4.69) is 16.0 Å². The fraction of sp³-hybridized carbons (Fsp3) is 0.259. The van der Waals surface area contributed by atoms with E-state index >= 15 is 0 Å². The Hall–Kier alpha value is -4.44. The van der Waals surface area contributed by atoms with Gasteiger partial charge < -0.3 is 25.4 Å². The minimum Gasteiger partial charge on any atom is -0.490 e. The predicted molar refractivity (Wildman–Crippen MR) is 141 cm³/mol. The average Bonchev–Trinajstić information content (AvgIpc) is 3.02. The first-order valence-corrected chi connectivity index (χ1v) is 11.9. The number of hydrogen-bond acceptors (Lipinski definition) is 7. The van der Waals surface area contributed by atoms with Crippen LogP contribution in [0.4, 0.5) is 22.7 Å². The summed E-state index contributed by atoms with van der Waals surface area (Å²) in [4.78, 5) is 36.0. The van der Waals surface area contributed by atoms with Crippen LogP contribution in [0.5, 0.6) is 5.75 Å². The number of amides is 2. The molecule has 0 unspecified atom stereocenters. The third-order valence-electron chi connectivity index (χ3n) is 5.93. The highest BCUT2D eigenvalue weighted by Gasteiger charge is 2.21. The van der Waals surface area contributed by atoms with Crippen molar-refractivity contribution in [3.05, 3.63) is 75.8 Å². The molecule has 0 saturated heterocycles. The second-order valence-corrected chi connectivity index (χ2v) is 8.44. The van der Waals surface area contributed by atoms with Crippen LogP contribution in [0, 0.1) is 10.1 Å². The van der Waals surface area contributed by atoms with Crippen molar-refractivity contribution in [2.75, 3.05) is 37.5 Å². The van der Waals surface area contributed by atoms with Gasteiger partial charge in [-0.15, -0.1) is 0 Å². The van der Waals surface area contributed by atoms with Gasteiger partial charge in [-0.25, -0.2) is 0 Å².